The molecule has 0 bridgehead atoms. The summed E-state index contributed by atoms with van der Waals surface area (Å²) in [7, 11) is 0. The summed E-state index contributed by atoms with van der Waals surface area (Å²) >= 11 is 0. The van der Waals surface area contributed by atoms with E-state index in [4.69, 9.17) is 0 Å². The number of nitrogens with one attached hydrogen (secondary N) is 2. The third-order valence-electron chi connectivity index (χ3n) is 4.07. The van der Waals surface area contributed by atoms with Crippen molar-refractivity contribution in [3.63, 3.8) is 0 Å². The van der Waals surface area contributed by atoms with Gasteiger partial charge in [0, 0.05) is 31.6 Å². The molecule has 6 heteroatoms. The van der Waals surface area contributed by atoms with E-state index in [1.807, 2.05) is 11.8 Å². The molecule has 2 aliphatic heterocycles. The Bertz CT molecular complexity index is 457. The second kappa shape index (κ2) is 4.35. The summed E-state index contributed by atoms with van der Waals surface area (Å²) in [5, 5.41) is 10.2. The summed E-state index contributed by atoms with van der Waals surface area (Å²) in [4.78, 5) is 18.7. The Balaban J connectivity index is 1.83. The second-order valence-corrected chi connectivity index (χ2v) is 5.24. The molecule has 2 aliphatic rings. The first-order chi connectivity index (χ1) is 8.70. The molecule has 3 atom stereocenters. The molecule has 0 aromatic carbocycles. The number of H-pyrrole nitrogens is 1. The lowest BCUT2D eigenvalue weighted by Crippen LogP contribution is -2.43. The molecule has 3 unspecified atom stereocenters. The predicted molar refractivity (Wildman–Crippen MR) is 66.2 cm³/mol. The lowest BCUT2D eigenvalue weighted by atomic mass is 10.0. The minimum atomic E-state index is -0.0327. The Kier molecular flexibility index (Phi) is 2.81. The molecule has 0 saturated carbocycles. The number of aromatic amines is 1. The van der Waals surface area contributed by atoms with Crippen molar-refractivity contribution in [3.8, 4) is 0 Å². The molecular weight excluding hydrogens is 230 g/mol. The Morgan fingerprint density at radius 3 is 3.06 bits per heavy atom. The van der Waals surface area contributed by atoms with Crippen molar-refractivity contribution >= 4 is 5.91 Å². The maximum Gasteiger partial charge on any atom is 0.294 e. The molecule has 3 heterocycles. The average Bonchev–Trinajstić information content (AvgIpc) is 3.01. The number of likely N-dealkylation sites (tertiary alicyclic amines) is 1. The second-order valence-electron chi connectivity index (χ2n) is 5.24. The largest absolute Gasteiger partial charge is 0.329 e. The van der Waals surface area contributed by atoms with Gasteiger partial charge in [-0.15, -0.1) is 5.10 Å². The zero-order valence-electron chi connectivity index (χ0n) is 10.8. The van der Waals surface area contributed by atoms with E-state index >= 15 is 0 Å². The summed E-state index contributed by atoms with van der Waals surface area (Å²) < 4.78 is 0. The highest BCUT2D eigenvalue weighted by atomic mass is 16.2. The van der Waals surface area contributed by atoms with E-state index in [2.05, 4.69) is 27.4 Å². The standard InChI is InChI=1S/C12H19N5O/c1-3-10-14-11(16-15-10)12(18)17-7(2)4-8-5-13-6-9(8)17/h7-9,13H,3-6H2,1-2H3,(H,14,15,16). The smallest absolute Gasteiger partial charge is 0.294 e. The van der Waals surface area contributed by atoms with Crippen LogP contribution in [0.15, 0.2) is 0 Å². The summed E-state index contributed by atoms with van der Waals surface area (Å²) in [6.07, 6.45) is 1.85. The average molecular weight is 249 g/mol. The molecule has 1 amide bonds. The molecule has 98 valence electrons. The molecule has 1 aromatic heterocycles. The van der Waals surface area contributed by atoms with Crippen molar-refractivity contribution < 1.29 is 4.79 Å². The quantitative estimate of drug-likeness (QED) is 0.784. The van der Waals surface area contributed by atoms with Gasteiger partial charge in [0.05, 0.1) is 0 Å². The lowest BCUT2D eigenvalue weighted by Gasteiger charge is -2.26. The van der Waals surface area contributed by atoms with Crippen LogP contribution in [-0.2, 0) is 6.42 Å². The van der Waals surface area contributed by atoms with Crippen molar-refractivity contribution in [1.29, 1.82) is 0 Å². The molecule has 3 rings (SSSR count). The predicted octanol–water partition coefficient (Wildman–Crippen LogP) is 0.190. The van der Waals surface area contributed by atoms with Crippen LogP contribution in [0.3, 0.4) is 0 Å². The van der Waals surface area contributed by atoms with Crippen molar-refractivity contribution in [2.24, 2.45) is 5.92 Å². The Hall–Kier alpha value is -1.43. The molecule has 2 fully saturated rings. The third-order valence-corrected chi connectivity index (χ3v) is 4.07. The van der Waals surface area contributed by atoms with Crippen molar-refractivity contribution in [3.05, 3.63) is 11.6 Å². The third kappa shape index (κ3) is 1.71. The molecule has 18 heavy (non-hydrogen) atoms. The van der Waals surface area contributed by atoms with E-state index in [0.29, 0.717) is 17.8 Å². The Morgan fingerprint density at radius 2 is 2.33 bits per heavy atom. The first-order valence-corrected chi connectivity index (χ1v) is 6.65. The highest BCUT2D eigenvalue weighted by molar-refractivity contribution is 5.91. The number of fused-ring (bicyclic) bond motifs is 1. The van der Waals surface area contributed by atoms with Crippen LogP contribution in [0.2, 0.25) is 0 Å². The molecule has 6 nitrogen and oxygen atoms in total. The van der Waals surface area contributed by atoms with Crippen LogP contribution >= 0.6 is 0 Å². The molecular formula is C12H19N5O. The fraction of sp³-hybridized carbons (Fsp3) is 0.750. The van der Waals surface area contributed by atoms with E-state index in [1.54, 1.807) is 0 Å². The highest BCUT2D eigenvalue weighted by Gasteiger charge is 2.45. The van der Waals surface area contributed by atoms with E-state index in [-0.39, 0.29) is 11.9 Å². The number of hydrogen-bond donors (Lipinski definition) is 2. The molecule has 2 N–H and O–H groups in total. The lowest BCUT2D eigenvalue weighted by molar-refractivity contribution is 0.0670. The highest BCUT2D eigenvalue weighted by Crippen LogP contribution is 2.32. The Labute approximate surface area is 106 Å². The summed E-state index contributed by atoms with van der Waals surface area (Å²) in [5.74, 6) is 1.64. The number of amides is 1. The Morgan fingerprint density at radius 1 is 1.50 bits per heavy atom. The van der Waals surface area contributed by atoms with Crippen molar-refractivity contribution in [1.82, 2.24) is 25.4 Å². The van der Waals surface area contributed by atoms with Crippen molar-refractivity contribution in [2.45, 2.75) is 38.8 Å². The number of rotatable bonds is 2. The monoisotopic (exact) mass is 249 g/mol. The molecule has 2 saturated heterocycles. The van der Waals surface area contributed by atoms with E-state index in [1.165, 1.54) is 0 Å². The summed E-state index contributed by atoms with van der Waals surface area (Å²) in [5.41, 5.74) is 0. The first kappa shape index (κ1) is 11.6. The van der Waals surface area contributed by atoms with Gasteiger partial charge in [-0.3, -0.25) is 9.89 Å². The van der Waals surface area contributed by atoms with Crippen LogP contribution < -0.4 is 5.32 Å². The van der Waals surface area contributed by atoms with Crippen molar-refractivity contribution in [2.75, 3.05) is 13.1 Å². The number of aromatic nitrogens is 3. The van der Waals surface area contributed by atoms with Crippen LogP contribution in [0.1, 0.15) is 36.7 Å². The van der Waals surface area contributed by atoms with Gasteiger partial charge in [0.25, 0.3) is 5.91 Å². The van der Waals surface area contributed by atoms with Gasteiger partial charge in [0.1, 0.15) is 5.82 Å². The van der Waals surface area contributed by atoms with Gasteiger partial charge in [0.15, 0.2) is 0 Å². The fourth-order valence-corrected chi connectivity index (χ4v) is 3.18. The van der Waals surface area contributed by atoms with Gasteiger partial charge in [-0.05, 0) is 19.3 Å². The van der Waals surface area contributed by atoms with Gasteiger partial charge in [-0.2, -0.15) is 0 Å². The van der Waals surface area contributed by atoms with Crippen LogP contribution in [0, 0.1) is 5.92 Å². The zero-order chi connectivity index (χ0) is 12.7. The van der Waals surface area contributed by atoms with E-state index in [0.717, 1.165) is 31.8 Å². The minimum absolute atomic E-state index is 0.0327. The SMILES string of the molecule is CCc1nc(C(=O)N2C(C)CC3CNCC32)n[nH]1. The summed E-state index contributed by atoms with van der Waals surface area (Å²) in [6, 6.07) is 0.606. The van der Waals surface area contributed by atoms with Gasteiger partial charge in [-0.1, -0.05) is 6.92 Å². The number of hydrogen-bond acceptors (Lipinski definition) is 4. The van der Waals surface area contributed by atoms with Crippen LogP contribution in [0.5, 0.6) is 0 Å². The molecule has 1 aromatic rings. The number of carbonyl (C=O) groups is 1. The van der Waals surface area contributed by atoms with Gasteiger partial charge < -0.3 is 10.2 Å². The molecule has 0 spiro atoms. The first-order valence-electron chi connectivity index (χ1n) is 6.65. The number of carbonyl (C=O) groups excluding carboxylic acids is 1. The minimum Gasteiger partial charge on any atom is -0.329 e. The van der Waals surface area contributed by atoms with Crippen LogP contribution in [-0.4, -0.2) is 51.2 Å². The van der Waals surface area contributed by atoms with Gasteiger partial charge in [0.2, 0.25) is 5.82 Å². The summed E-state index contributed by atoms with van der Waals surface area (Å²) in [6.45, 7) is 6.02. The number of nitrogens with zero attached hydrogens (tertiary/aromatic N) is 3. The maximum atomic E-state index is 12.5. The maximum absolute atomic E-state index is 12.5. The number of aryl methyl sites for hydroxylation is 1. The zero-order valence-corrected chi connectivity index (χ0v) is 10.8. The normalized spacial score (nSPS) is 30.8. The van der Waals surface area contributed by atoms with Crippen LogP contribution in [0.4, 0.5) is 0 Å². The molecule has 0 aliphatic carbocycles. The van der Waals surface area contributed by atoms with E-state index in [9.17, 15) is 4.79 Å². The van der Waals surface area contributed by atoms with E-state index < -0.39 is 0 Å². The van der Waals surface area contributed by atoms with Crippen LogP contribution in [0.25, 0.3) is 0 Å². The van der Waals surface area contributed by atoms with Gasteiger partial charge in [-0.25, -0.2) is 4.98 Å². The fourth-order valence-electron chi connectivity index (χ4n) is 3.18. The topological polar surface area (TPSA) is 73.9 Å². The van der Waals surface area contributed by atoms with Gasteiger partial charge >= 0.3 is 0 Å². The molecule has 0 radical (unpaired) electrons.